The fraction of sp³-hybridized carbons (Fsp3) is 0.250. The molecule has 7 nitrogen and oxygen atoms in total. The highest BCUT2D eigenvalue weighted by Crippen LogP contribution is 2.26. The molecule has 0 saturated heterocycles. The van der Waals surface area contributed by atoms with Gasteiger partial charge in [0.2, 0.25) is 0 Å². The Morgan fingerprint density at radius 1 is 1.40 bits per heavy atom. The molecule has 0 aliphatic rings. The van der Waals surface area contributed by atoms with Crippen LogP contribution in [-0.4, -0.2) is 28.8 Å². The molecule has 2 aromatic heterocycles. The van der Waals surface area contributed by atoms with E-state index >= 15 is 0 Å². The number of thiophene rings is 1. The number of aryl methyl sites for hydroxylation is 1. The minimum atomic E-state index is -0.717. The molecule has 2 amide bonds. The molecule has 8 heteroatoms. The largest absolute Gasteiger partial charge is 0.449 e. The fourth-order valence-corrected chi connectivity index (χ4v) is 2.32. The highest BCUT2D eigenvalue weighted by atomic mass is 32.1. The summed E-state index contributed by atoms with van der Waals surface area (Å²) in [7, 11) is 0. The molecule has 0 bridgehead atoms. The van der Waals surface area contributed by atoms with Gasteiger partial charge in [0.1, 0.15) is 0 Å². The quantitative estimate of drug-likeness (QED) is 0.752. The zero-order valence-corrected chi connectivity index (χ0v) is 11.8. The maximum atomic E-state index is 11.7. The highest BCUT2D eigenvalue weighted by molar-refractivity contribution is 7.15. The average Bonchev–Trinajstić information content (AvgIpc) is 3.04. The van der Waals surface area contributed by atoms with Crippen LogP contribution in [0.25, 0.3) is 10.6 Å². The number of H-pyrrole nitrogens is 1. The number of hydrazine groups is 1. The molecule has 0 atom stereocenters. The van der Waals surface area contributed by atoms with Gasteiger partial charge in [-0.3, -0.25) is 15.3 Å². The fourth-order valence-electron chi connectivity index (χ4n) is 1.48. The van der Waals surface area contributed by atoms with Gasteiger partial charge < -0.3 is 4.74 Å². The monoisotopic (exact) mass is 294 g/mol. The predicted molar refractivity (Wildman–Crippen MR) is 74.3 cm³/mol. The Morgan fingerprint density at radius 3 is 2.85 bits per heavy atom. The third-order valence-electron chi connectivity index (χ3n) is 2.37. The lowest BCUT2D eigenvalue weighted by atomic mass is 10.3. The Kier molecular flexibility index (Phi) is 4.36. The second kappa shape index (κ2) is 6.20. The number of hydrogen-bond donors (Lipinski definition) is 3. The summed E-state index contributed by atoms with van der Waals surface area (Å²) in [5.74, 6) is -0.520. The van der Waals surface area contributed by atoms with E-state index in [-0.39, 0.29) is 12.3 Å². The molecule has 0 aliphatic carbocycles. The van der Waals surface area contributed by atoms with Gasteiger partial charge in [0, 0.05) is 4.88 Å². The van der Waals surface area contributed by atoms with Gasteiger partial charge in [-0.05, 0) is 32.0 Å². The van der Waals surface area contributed by atoms with Crippen LogP contribution in [0.3, 0.4) is 0 Å². The Morgan fingerprint density at radius 2 is 2.20 bits per heavy atom. The number of aromatic nitrogens is 2. The molecule has 0 saturated carbocycles. The van der Waals surface area contributed by atoms with Crippen molar-refractivity contribution in [2.75, 3.05) is 6.61 Å². The second-order valence-electron chi connectivity index (χ2n) is 3.88. The van der Waals surface area contributed by atoms with Crippen molar-refractivity contribution >= 4 is 23.3 Å². The van der Waals surface area contributed by atoms with Crippen LogP contribution in [0.15, 0.2) is 18.2 Å². The summed E-state index contributed by atoms with van der Waals surface area (Å²) in [6.07, 6.45) is -0.717. The zero-order valence-electron chi connectivity index (χ0n) is 11.0. The first-order valence-corrected chi connectivity index (χ1v) is 6.77. The summed E-state index contributed by atoms with van der Waals surface area (Å²) in [4.78, 5) is 24.9. The predicted octanol–water partition coefficient (Wildman–Crippen LogP) is 1.84. The molecule has 0 fully saturated rings. The van der Waals surface area contributed by atoms with E-state index in [4.69, 9.17) is 0 Å². The first-order chi connectivity index (χ1) is 9.60. The lowest BCUT2D eigenvalue weighted by Crippen LogP contribution is -2.42. The van der Waals surface area contributed by atoms with Crippen LogP contribution in [0.5, 0.6) is 0 Å². The Bertz CT molecular complexity index is 620. The van der Waals surface area contributed by atoms with E-state index in [1.807, 2.05) is 19.1 Å². The number of ether oxygens (including phenoxy) is 1. The average molecular weight is 294 g/mol. The summed E-state index contributed by atoms with van der Waals surface area (Å²) < 4.78 is 4.61. The third-order valence-corrected chi connectivity index (χ3v) is 3.40. The minimum Gasteiger partial charge on any atom is -0.449 e. The molecule has 2 aromatic rings. The van der Waals surface area contributed by atoms with Gasteiger partial charge in [-0.25, -0.2) is 10.2 Å². The van der Waals surface area contributed by atoms with E-state index in [1.54, 1.807) is 24.3 Å². The highest BCUT2D eigenvalue weighted by Gasteiger charge is 2.13. The summed E-state index contributed by atoms with van der Waals surface area (Å²) >= 11 is 1.60. The van der Waals surface area contributed by atoms with Crippen LogP contribution >= 0.6 is 11.3 Å². The second-order valence-corrected chi connectivity index (χ2v) is 5.16. The number of nitrogens with one attached hydrogen (secondary N) is 3. The van der Waals surface area contributed by atoms with Gasteiger partial charge in [-0.2, -0.15) is 5.10 Å². The standard InChI is InChI=1S/C12H14N4O3S/c1-3-19-12(18)16-15-11(17)9-6-8(13-14-9)10-5-4-7(2)20-10/h4-6H,3H2,1-2H3,(H,13,14)(H,15,17)(H,16,18). The Hall–Kier alpha value is -2.35. The van der Waals surface area contributed by atoms with Crippen molar-refractivity contribution in [2.45, 2.75) is 13.8 Å². The number of hydrogen-bond acceptors (Lipinski definition) is 5. The van der Waals surface area contributed by atoms with Crippen LogP contribution in [0, 0.1) is 6.92 Å². The van der Waals surface area contributed by atoms with Gasteiger partial charge in [0.05, 0.1) is 17.2 Å². The SMILES string of the molecule is CCOC(=O)NNC(=O)c1cc(-c2ccc(C)s2)[nH]n1. The number of carbonyl (C=O) groups is 2. The molecule has 2 rings (SSSR count). The van der Waals surface area contributed by atoms with Crippen LogP contribution < -0.4 is 10.9 Å². The van der Waals surface area contributed by atoms with E-state index in [0.29, 0.717) is 0 Å². The van der Waals surface area contributed by atoms with E-state index in [9.17, 15) is 9.59 Å². The molecule has 106 valence electrons. The first kappa shape index (κ1) is 14.1. The molecule has 20 heavy (non-hydrogen) atoms. The maximum Gasteiger partial charge on any atom is 0.426 e. The van der Waals surface area contributed by atoms with E-state index in [0.717, 1.165) is 10.6 Å². The maximum absolute atomic E-state index is 11.7. The molecule has 3 N–H and O–H groups in total. The van der Waals surface area contributed by atoms with E-state index in [2.05, 4.69) is 25.8 Å². The number of rotatable bonds is 3. The summed E-state index contributed by atoms with van der Waals surface area (Å²) in [6, 6.07) is 5.56. The minimum absolute atomic E-state index is 0.183. The molecular weight excluding hydrogens is 280 g/mol. The van der Waals surface area contributed by atoms with Gasteiger partial charge >= 0.3 is 6.09 Å². The first-order valence-electron chi connectivity index (χ1n) is 5.95. The number of aromatic amines is 1. The van der Waals surface area contributed by atoms with Crippen LogP contribution in [0.1, 0.15) is 22.3 Å². The van der Waals surface area contributed by atoms with Crippen molar-refractivity contribution in [3.8, 4) is 10.6 Å². The van der Waals surface area contributed by atoms with Gasteiger partial charge in [0.15, 0.2) is 5.69 Å². The lowest BCUT2D eigenvalue weighted by Gasteiger charge is -2.04. The van der Waals surface area contributed by atoms with Crippen molar-refractivity contribution in [3.63, 3.8) is 0 Å². The van der Waals surface area contributed by atoms with Crippen molar-refractivity contribution in [1.29, 1.82) is 0 Å². The smallest absolute Gasteiger partial charge is 0.426 e. The van der Waals surface area contributed by atoms with Crippen LogP contribution in [0.4, 0.5) is 4.79 Å². The Labute approximate surface area is 119 Å². The molecule has 0 spiro atoms. The summed E-state index contributed by atoms with van der Waals surface area (Å²) in [5.41, 5.74) is 5.27. The van der Waals surface area contributed by atoms with E-state index < -0.39 is 12.0 Å². The molecule has 0 aliphatic heterocycles. The Balaban J connectivity index is 1.98. The van der Waals surface area contributed by atoms with Crippen LogP contribution in [-0.2, 0) is 4.74 Å². The van der Waals surface area contributed by atoms with Crippen molar-refractivity contribution < 1.29 is 14.3 Å². The van der Waals surface area contributed by atoms with E-state index in [1.165, 1.54) is 4.88 Å². The number of amides is 2. The molecule has 0 aromatic carbocycles. The topological polar surface area (TPSA) is 96.1 Å². The number of nitrogens with zero attached hydrogens (tertiary/aromatic N) is 1. The van der Waals surface area contributed by atoms with Gasteiger partial charge in [-0.15, -0.1) is 11.3 Å². The third kappa shape index (κ3) is 3.35. The molecule has 2 heterocycles. The van der Waals surface area contributed by atoms with Gasteiger partial charge in [-0.1, -0.05) is 0 Å². The molecule has 0 unspecified atom stereocenters. The van der Waals surface area contributed by atoms with Gasteiger partial charge in [0.25, 0.3) is 5.91 Å². The number of carbonyl (C=O) groups excluding carboxylic acids is 2. The summed E-state index contributed by atoms with van der Waals surface area (Å²) in [6.45, 7) is 3.90. The van der Waals surface area contributed by atoms with Crippen LogP contribution in [0.2, 0.25) is 0 Å². The van der Waals surface area contributed by atoms with Crippen molar-refractivity contribution in [3.05, 3.63) is 28.8 Å². The summed E-state index contributed by atoms with van der Waals surface area (Å²) in [5, 5.41) is 6.69. The van der Waals surface area contributed by atoms with Crippen molar-refractivity contribution in [1.82, 2.24) is 21.0 Å². The van der Waals surface area contributed by atoms with Crippen molar-refractivity contribution in [2.24, 2.45) is 0 Å². The lowest BCUT2D eigenvalue weighted by molar-refractivity contribution is 0.0908. The molecular formula is C12H14N4O3S. The molecule has 0 radical (unpaired) electrons. The zero-order chi connectivity index (χ0) is 14.5. The normalized spacial score (nSPS) is 10.1.